The molecule has 1 heterocycles. The van der Waals surface area contributed by atoms with E-state index in [1.807, 2.05) is 0 Å². The molecule has 0 atom stereocenters. The topological polar surface area (TPSA) is 94.2 Å². The molecule has 1 N–H and O–H groups in total. The summed E-state index contributed by atoms with van der Waals surface area (Å²) in [5.41, 5.74) is 0.0488. The van der Waals surface area contributed by atoms with Gasteiger partial charge in [-0.3, -0.25) is 4.79 Å². The van der Waals surface area contributed by atoms with E-state index in [-0.39, 0.29) is 45.0 Å². The largest absolute Gasteiger partial charge is 0.497 e. The van der Waals surface area contributed by atoms with Crippen molar-refractivity contribution in [3.05, 3.63) is 53.8 Å². The summed E-state index contributed by atoms with van der Waals surface area (Å²) in [6.45, 7) is 1.16. The van der Waals surface area contributed by atoms with Gasteiger partial charge in [0.25, 0.3) is 5.91 Å². The second-order valence-corrected chi connectivity index (χ2v) is 8.35. The lowest BCUT2D eigenvalue weighted by Gasteiger charge is -2.26. The first kappa shape index (κ1) is 22.0. The maximum atomic E-state index is 14.2. The third-order valence-corrected chi connectivity index (χ3v) is 6.41. The molecule has 162 valence electrons. The molecule has 1 aliphatic heterocycles. The quantitative estimate of drug-likeness (QED) is 0.630. The highest BCUT2D eigenvalue weighted by atomic mass is 32.2. The predicted octanol–water partition coefficient (Wildman–Crippen LogP) is 1.66. The Hall–Kier alpha value is -2.69. The number of sulfonamides is 1. The van der Waals surface area contributed by atoms with Gasteiger partial charge in [-0.2, -0.15) is 4.31 Å². The lowest BCUT2D eigenvalue weighted by atomic mass is 10.2. The molecule has 0 spiro atoms. The molecule has 1 fully saturated rings. The van der Waals surface area contributed by atoms with Gasteiger partial charge in [0.1, 0.15) is 28.8 Å². The first-order chi connectivity index (χ1) is 14.4. The number of nitrogens with zero attached hydrogens (tertiary/aromatic N) is 1. The maximum absolute atomic E-state index is 14.2. The summed E-state index contributed by atoms with van der Waals surface area (Å²) in [4.78, 5) is 11.9. The average Bonchev–Trinajstić information content (AvgIpc) is 2.77. The van der Waals surface area contributed by atoms with Crippen LogP contribution in [0, 0.1) is 5.82 Å². The van der Waals surface area contributed by atoms with Crippen molar-refractivity contribution in [2.24, 2.45) is 0 Å². The summed E-state index contributed by atoms with van der Waals surface area (Å²) in [5, 5.41) is 2.63. The Morgan fingerprint density at radius 3 is 2.47 bits per heavy atom. The van der Waals surface area contributed by atoms with Crippen LogP contribution in [0.1, 0.15) is 10.4 Å². The second kappa shape index (κ2) is 9.88. The van der Waals surface area contributed by atoms with Gasteiger partial charge in [-0.25, -0.2) is 12.8 Å². The number of benzene rings is 2. The summed E-state index contributed by atoms with van der Waals surface area (Å²) in [5.74, 6) is -0.104. The molecule has 10 heteroatoms. The summed E-state index contributed by atoms with van der Waals surface area (Å²) in [6, 6.07) is 10.3. The number of morpholine rings is 1. The van der Waals surface area contributed by atoms with Crippen LogP contribution in [-0.2, 0) is 14.8 Å². The minimum atomic E-state index is -4.05. The van der Waals surface area contributed by atoms with Gasteiger partial charge in [0.2, 0.25) is 10.0 Å². The smallest absolute Gasteiger partial charge is 0.251 e. The van der Waals surface area contributed by atoms with E-state index in [9.17, 15) is 17.6 Å². The Morgan fingerprint density at radius 2 is 1.80 bits per heavy atom. The van der Waals surface area contributed by atoms with Crippen LogP contribution in [0.4, 0.5) is 4.39 Å². The lowest BCUT2D eigenvalue weighted by Crippen LogP contribution is -2.41. The van der Waals surface area contributed by atoms with E-state index < -0.39 is 26.6 Å². The molecule has 2 aromatic carbocycles. The number of nitrogens with one attached hydrogen (secondary N) is 1. The Balaban J connectivity index is 1.60. The van der Waals surface area contributed by atoms with Crippen molar-refractivity contribution in [1.82, 2.24) is 9.62 Å². The Kier molecular flexibility index (Phi) is 7.24. The van der Waals surface area contributed by atoms with Crippen molar-refractivity contribution in [1.29, 1.82) is 0 Å². The van der Waals surface area contributed by atoms with Gasteiger partial charge in [-0.05, 0) is 42.5 Å². The number of halogens is 1. The lowest BCUT2D eigenvalue weighted by molar-refractivity contribution is 0.0729. The molecular formula is C20H23FN2O6S. The molecule has 0 radical (unpaired) electrons. The highest BCUT2D eigenvalue weighted by Gasteiger charge is 2.29. The molecule has 0 bridgehead atoms. The van der Waals surface area contributed by atoms with E-state index in [1.165, 1.54) is 6.07 Å². The van der Waals surface area contributed by atoms with Crippen molar-refractivity contribution < 1.29 is 31.8 Å². The zero-order valence-corrected chi connectivity index (χ0v) is 17.3. The van der Waals surface area contributed by atoms with Crippen molar-refractivity contribution in [2.75, 3.05) is 46.6 Å². The van der Waals surface area contributed by atoms with E-state index in [4.69, 9.17) is 14.2 Å². The van der Waals surface area contributed by atoms with E-state index >= 15 is 0 Å². The Morgan fingerprint density at radius 1 is 1.13 bits per heavy atom. The zero-order valence-electron chi connectivity index (χ0n) is 16.5. The number of hydrogen-bond acceptors (Lipinski definition) is 6. The van der Waals surface area contributed by atoms with Crippen LogP contribution in [0.3, 0.4) is 0 Å². The number of methoxy groups -OCH3 is 1. The molecule has 3 rings (SSSR count). The fraction of sp³-hybridized carbons (Fsp3) is 0.350. The first-order valence-electron chi connectivity index (χ1n) is 9.34. The van der Waals surface area contributed by atoms with Gasteiger partial charge in [-0.1, -0.05) is 0 Å². The Bertz CT molecular complexity index is 975. The SMILES string of the molecule is COc1ccc(OCCNC(=O)c2ccc(F)c(S(=O)(=O)N3CCOCC3)c2)cc1. The van der Waals surface area contributed by atoms with E-state index in [2.05, 4.69) is 5.32 Å². The van der Waals surface area contributed by atoms with Gasteiger partial charge in [0.05, 0.1) is 26.9 Å². The summed E-state index contributed by atoms with van der Waals surface area (Å²) in [7, 11) is -2.48. The van der Waals surface area contributed by atoms with Crippen LogP contribution in [-0.4, -0.2) is 65.2 Å². The molecule has 2 aromatic rings. The second-order valence-electron chi connectivity index (χ2n) is 6.44. The maximum Gasteiger partial charge on any atom is 0.251 e. The average molecular weight is 438 g/mol. The predicted molar refractivity (Wildman–Crippen MR) is 107 cm³/mol. The highest BCUT2D eigenvalue weighted by molar-refractivity contribution is 7.89. The number of hydrogen-bond donors (Lipinski definition) is 1. The molecule has 0 aliphatic carbocycles. The van der Waals surface area contributed by atoms with Crippen LogP contribution in [0.5, 0.6) is 11.5 Å². The Labute approximate surface area is 174 Å². The monoisotopic (exact) mass is 438 g/mol. The minimum absolute atomic E-state index is 0.0488. The van der Waals surface area contributed by atoms with E-state index in [1.54, 1.807) is 31.4 Å². The summed E-state index contributed by atoms with van der Waals surface area (Å²) >= 11 is 0. The number of rotatable bonds is 8. The van der Waals surface area contributed by atoms with Gasteiger partial charge in [-0.15, -0.1) is 0 Å². The van der Waals surface area contributed by atoms with Crippen LogP contribution >= 0.6 is 0 Å². The van der Waals surface area contributed by atoms with Crippen LogP contribution in [0.15, 0.2) is 47.4 Å². The summed E-state index contributed by atoms with van der Waals surface area (Å²) < 4.78 is 56.5. The number of ether oxygens (including phenoxy) is 3. The molecule has 0 saturated carbocycles. The number of carbonyl (C=O) groups is 1. The molecule has 1 amide bonds. The molecular weight excluding hydrogens is 415 g/mol. The highest BCUT2D eigenvalue weighted by Crippen LogP contribution is 2.22. The first-order valence-corrected chi connectivity index (χ1v) is 10.8. The standard InChI is InChI=1S/C20H23FN2O6S/c1-27-16-3-5-17(6-4-16)29-11-8-22-20(24)15-2-7-18(21)19(14-15)30(25,26)23-9-12-28-13-10-23/h2-7,14H,8-13H2,1H3,(H,22,24). The third kappa shape index (κ3) is 5.26. The van der Waals surface area contributed by atoms with Gasteiger partial charge in [0, 0.05) is 18.7 Å². The molecule has 0 unspecified atom stereocenters. The van der Waals surface area contributed by atoms with Crippen molar-refractivity contribution in [3.63, 3.8) is 0 Å². The van der Waals surface area contributed by atoms with Gasteiger partial charge < -0.3 is 19.5 Å². The van der Waals surface area contributed by atoms with Crippen LogP contribution in [0.2, 0.25) is 0 Å². The van der Waals surface area contributed by atoms with Gasteiger partial charge >= 0.3 is 0 Å². The molecule has 1 aliphatic rings. The normalized spacial score (nSPS) is 14.9. The third-order valence-electron chi connectivity index (χ3n) is 4.50. The van der Waals surface area contributed by atoms with Crippen molar-refractivity contribution in [2.45, 2.75) is 4.90 Å². The van der Waals surface area contributed by atoms with Crippen LogP contribution in [0.25, 0.3) is 0 Å². The molecule has 1 saturated heterocycles. The molecule has 8 nitrogen and oxygen atoms in total. The van der Waals surface area contributed by atoms with Gasteiger partial charge in [0.15, 0.2) is 0 Å². The fourth-order valence-corrected chi connectivity index (χ4v) is 4.37. The van der Waals surface area contributed by atoms with E-state index in [0.29, 0.717) is 11.5 Å². The van der Waals surface area contributed by atoms with Crippen LogP contribution < -0.4 is 14.8 Å². The zero-order chi connectivity index (χ0) is 21.6. The number of carbonyl (C=O) groups excluding carboxylic acids is 1. The molecule has 0 aromatic heterocycles. The minimum Gasteiger partial charge on any atom is -0.497 e. The summed E-state index contributed by atoms with van der Waals surface area (Å²) in [6.07, 6.45) is 0. The molecule has 30 heavy (non-hydrogen) atoms. The number of amides is 1. The van der Waals surface area contributed by atoms with E-state index in [0.717, 1.165) is 16.4 Å². The van der Waals surface area contributed by atoms with Crippen molar-refractivity contribution >= 4 is 15.9 Å². The van der Waals surface area contributed by atoms with Crippen molar-refractivity contribution in [3.8, 4) is 11.5 Å². The fourth-order valence-electron chi connectivity index (χ4n) is 2.88.